The van der Waals surface area contributed by atoms with Crippen LogP contribution in [-0.4, -0.2) is 78.6 Å². The SMILES string of the molecule is Cc1cc(=O)n(-c2ccc(-c3nn(C4CCC(N5CCN(C)CC5)CC4)c4ncnc(N)c34)cc2)[nH]1. The topological polar surface area (TPSA) is 114 Å². The Labute approximate surface area is 209 Å². The number of anilines is 1. The maximum atomic E-state index is 12.2. The van der Waals surface area contributed by atoms with Gasteiger partial charge in [0.05, 0.1) is 17.1 Å². The molecule has 0 amide bonds. The van der Waals surface area contributed by atoms with Gasteiger partial charge in [0.2, 0.25) is 0 Å². The van der Waals surface area contributed by atoms with Gasteiger partial charge in [0.15, 0.2) is 5.65 Å². The number of fused-ring (bicyclic) bond motifs is 1. The summed E-state index contributed by atoms with van der Waals surface area (Å²) in [6.45, 7) is 6.50. The number of H-pyrrole nitrogens is 1. The second-order valence-electron chi connectivity index (χ2n) is 10.2. The number of rotatable bonds is 4. The van der Waals surface area contributed by atoms with E-state index in [-0.39, 0.29) is 5.56 Å². The van der Waals surface area contributed by atoms with Gasteiger partial charge in [0.1, 0.15) is 17.8 Å². The first-order valence-electron chi connectivity index (χ1n) is 12.8. The third-order valence-corrected chi connectivity index (χ3v) is 7.83. The molecule has 0 atom stereocenters. The van der Waals surface area contributed by atoms with E-state index in [0.29, 0.717) is 17.9 Å². The summed E-state index contributed by atoms with van der Waals surface area (Å²) in [6.07, 6.45) is 6.02. The van der Waals surface area contributed by atoms with Gasteiger partial charge in [0, 0.05) is 49.5 Å². The zero-order valence-corrected chi connectivity index (χ0v) is 20.9. The number of nitrogens with zero attached hydrogens (tertiary/aromatic N) is 7. The highest BCUT2D eigenvalue weighted by Crippen LogP contribution is 2.37. The molecule has 1 saturated carbocycles. The highest BCUT2D eigenvalue weighted by atomic mass is 16.1. The molecule has 4 heterocycles. The number of aromatic amines is 1. The predicted octanol–water partition coefficient (Wildman–Crippen LogP) is 2.59. The monoisotopic (exact) mass is 487 g/mol. The number of benzene rings is 1. The van der Waals surface area contributed by atoms with Crippen LogP contribution in [-0.2, 0) is 0 Å². The van der Waals surface area contributed by atoms with E-state index in [1.54, 1.807) is 6.07 Å². The summed E-state index contributed by atoms with van der Waals surface area (Å²) >= 11 is 0. The maximum Gasteiger partial charge on any atom is 0.271 e. The number of aromatic nitrogens is 6. The molecular formula is C26H33N9O. The Morgan fingerprint density at radius 3 is 2.33 bits per heavy atom. The van der Waals surface area contributed by atoms with Gasteiger partial charge in [0.25, 0.3) is 5.56 Å². The Kier molecular flexibility index (Phi) is 5.85. The second-order valence-corrected chi connectivity index (χ2v) is 10.2. The zero-order valence-electron chi connectivity index (χ0n) is 20.9. The Morgan fingerprint density at radius 2 is 1.67 bits per heavy atom. The molecule has 1 aliphatic carbocycles. The lowest BCUT2D eigenvalue weighted by Gasteiger charge is -2.41. The lowest BCUT2D eigenvalue weighted by molar-refractivity contribution is 0.0815. The fourth-order valence-corrected chi connectivity index (χ4v) is 5.78. The third kappa shape index (κ3) is 4.10. The molecule has 0 radical (unpaired) electrons. The summed E-state index contributed by atoms with van der Waals surface area (Å²) in [6, 6.07) is 10.3. The molecule has 0 bridgehead atoms. The van der Waals surface area contributed by atoms with E-state index in [1.165, 1.54) is 23.9 Å². The van der Waals surface area contributed by atoms with E-state index >= 15 is 0 Å². The standard InChI is InChI=1S/C26H33N9O/c1-17-15-22(36)34(30-17)20-5-3-18(4-6-20)24-23-25(27)28-16-29-26(23)35(31-24)21-9-7-19(8-10-21)33-13-11-32(2)12-14-33/h3-6,15-16,19,21,30H,7-14H2,1-2H3,(H2,27,28,29). The van der Waals surface area contributed by atoms with Crippen molar-refractivity contribution in [3.63, 3.8) is 0 Å². The van der Waals surface area contributed by atoms with Gasteiger partial charge in [-0.2, -0.15) is 5.10 Å². The maximum absolute atomic E-state index is 12.2. The molecule has 10 heteroatoms. The van der Waals surface area contributed by atoms with E-state index in [4.69, 9.17) is 10.8 Å². The van der Waals surface area contributed by atoms with Gasteiger partial charge < -0.3 is 10.6 Å². The molecule has 36 heavy (non-hydrogen) atoms. The van der Waals surface area contributed by atoms with Crippen molar-refractivity contribution in [2.75, 3.05) is 39.0 Å². The largest absolute Gasteiger partial charge is 0.383 e. The van der Waals surface area contributed by atoms with Crippen LogP contribution in [0.15, 0.2) is 41.5 Å². The number of nitrogens with two attached hydrogens (primary N) is 1. The Hall–Kier alpha value is -3.50. The van der Waals surface area contributed by atoms with Gasteiger partial charge in [-0.15, -0.1) is 0 Å². The second kappa shape index (κ2) is 9.18. The molecule has 1 aliphatic heterocycles. The lowest BCUT2D eigenvalue weighted by atomic mass is 9.90. The number of hydrogen-bond donors (Lipinski definition) is 2. The van der Waals surface area contributed by atoms with Gasteiger partial charge >= 0.3 is 0 Å². The molecule has 0 spiro atoms. The number of nitrogens with one attached hydrogen (secondary N) is 1. The summed E-state index contributed by atoms with van der Waals surface area (Å²) < 4.78 is 3.61. The van der Waals surface area contributed by atoms with Crippen LogP contribution in [0.4, 0.5) is 5.82 Å². The van der Waals surface area contributed by atoms with Crippen molar-refractivity contribution < 1.29 is 0 Å². The minimum absolute atomic E-state index is 0.0835. The number of piperazine rings is 1. The Bertz CT molecular complexity index is 1420. The van der Waals surface area contributed by atoms with Crippen molar-refractivity contribution in [2.24, 2.45) is 0 Å². The molecule has 3 aromatic heterocycles. The first-order valence-corrected chi connectivity index (χ1v) is 12.8. The van der Waals surface area contributed by atoms with Gasteiger partial charge in [-0.3, -0.25) is 14.8 Å². The highest BCUT2D eigenvalue weighted by Gasteiger charge is 2.30. The van der Waals surface area contributed by atoms with Crippen LogP contribution in [0, 0.1) is 6.92 Å². The van der Waals surface area contributed by atoms with Crippen LogP contribution in [0.2, 0.25) is 0 Å². The number of aryl methyl sites for hydroxylation is 1. The molecule has 0 unspecified atom stereocenters. The van der Waals surface area contributed by atoms with Crippen molar-refractivity contribution in [3.05, 3.63) is 52.7 Å². The highest BCUT2D eigenvalue weighted by molar-refractivity contribution is 5.98. The lowest BCUT2D eigenvalue weighted by Crippen LogP contribution is -2.49. The van der Waals surface area contributed by atoms with E-state index < -0.39 is 0 Å². The van der Waals surface area contributed by atoms with Crippen LogP contribution in [0.25, 0.3) is 28.0 Å². The number of hydrogen-bond acceptors (Lipinski definition) is 7. The molecule has 1 aromatic carbocycles. The third-order valence-electron chi connectivity index (χ3n) is 7.83. The molecule has 10 nitrogen and oxygen atoms in total. The van der Waals surface area contributed by atoms with E-state index in [9.17, 15) is 4.79 Å². The molecule has 3 N–H and O–H groups in total. The Balaban J connectivity index is 1.28. The van der Waals surface area contributed by atoms with Crippen LogP contribution < -0.4 is 11.3 Å². The molecule has 4 aromatic rings. The smallest absolute Gasteiger partial charge is 0.271 e. The van der Waals surface area contributed by atoms with Gasteiger partial charge in [-0.25, -0.2) is 19.3 Å². The first-order chi connectivity index (χ1) is 17.5. The summed E-state index contributed by atoms with van der Waals surface area (Å²) in [7, 11) is 2.21. The van der Waals surface area contributed by atoms with Crippen LogP contribution in [0.1, 0.15) is 37.4 Å². The fraction of sp³-hybridized carbons (Fsp3) is 0.462. The quantitative estimate of drug-likeness (QED) is 0.455. The molecule has 2 fully saturated rings. The van der Waals surface area contributed by atoms with Gasteiger partial charge in [-0.05, 0) is 51.8 Å². The van der Waals surface area contributed by atoms with Crippen molar-refractivity contribution in [1.82, 2.24) is 39.3 Å². The minimum atomic E-state index is -0.0835. The van der Waals surface area contributed by atoms with Crippen LogP contribution in [0.5, 0.6) is 0 Å². The molecule has 188 valence electrons. The molecule has 6 rings (SSSR count). The van der Waals surface area contributed by atoms with Crippen LogP contribution >= 0.6 is 0 Å². The summed E-state index contributed by atoms with van der Waals surface area (Å²) in [5.74, 6) is 0.438. The van der Waals surface area contributed by atoms with Crippen molar-refractivity contribution in [2.45, 2.75) is 44.7 Å². The van der Waals surface area contributed by atoms with Crippen molar-refractivity contribution >= 4 is 16.9 Å². The zero-order chi connectivity index (χ0) is 24.8. The van der Waals surface area contributed by atoms with Crippen LogP contribution in [0.3, 0.4) is 0 Å². The van der Waals surface area contributed by atoms with E-state index in [1.807, 2.05) is 31.2 Å². The summed E-state index contributed by atoms with van der Waals surface area (Å²) in [4.78, 5) is 26.2. The number of likely N-dealkylation sites (N-methyl/N-ethyl adjacent to an activating group) is 1. The number of nitrogen functional groups attached to an aromatic ring is 1. The van der Waals surface area contributed by atoms with Crippen molar-refractivity contribution in [3.8, 4) is 16.9 Å². The minimum Gasteiger partial charge on any atom is -0.383 e. The Morgan fingerprint density at radius 1 is 0.972 bits per heavy atom. The average Bonchev–Trinajstić information content (AvgIpc) is 3.45. The average molecular weight is 488 g/mol. The molecular weight excluding hydrogens is 454 g/mol. The summed E-state index contributed by atoms with van der Waals surface area (Å²) in [5, 5.41) is 8.92. The molecule has 1 saturated heterocycles. The van der Waals surface area contributed by atoms with E-state index in [2.05, 4.69) is 36.6 Å². The molecule has 2 aliphatic rings. The first kappa shape index (κ1) is 22.9. The van der Waals surface area contributed by atoms with Gasteiger partial charge in [-0.1, -0.05) is 12.1 Å². The summed E-state index contributed by atoms with van der Waals surface area (Å²) in [5.41, 5.74) is 10.4. The normalized spacial score (nSPS) is 21.8. The predicted molar refractivity (Wildman–Crippen MR) is 140 cm³/mol. The van der Waals surface area contributed by atoms with E-state index in [0.717, 1.165) is 72.7 Å². The fourth-order valence-electron chi connectivity index (χ4n) is 5.78. The van der Waals surface area contributed by atoms with Crippen molar-refractivity contribution in [1.29, 1.82) is 0 Å².